The summed E-state index contributed by atoms with van der Waals surface area (Å²) in [5, 5.41) is 2.31. The Bertz CT molecular complexity index is 1420. The van der Waals surface area contributed by atoms with Crippen LogP contribution in [0, 0.1) is 37.0 Å². The highest BCUT2D eigenvalue weighted by Crippen LogP contribution is 2.60. The summed E-state index contributed by atoms with van der Waals surface area (Å²) >= 11 is 0.784. The van der Waals surface area contributed by atoms with Gasteiger partial charge in [-0.1, -0.05) is 24.3 Å². The predicted molar refractivity (Wildman–Crippen MR) is 156 cm³/mol. The monoisotopic (exact) mass is 574 g/mol. The van der Waals surface area contributed by atoms with E-state index in [4.69, 9.17) is 9.47 Å². The van der Waals surface area contributed by atoms with Gasteiger partial charge in [0.05, 0.1) is 17.4 Å². The van der Waals surface area contributed by atoms with Gasteiger partial charge in [0, 0.05) is 5.69 Å². The van der Waals surface area contributed by atoms with Gasteiger partial charge in [-0.2, -0.15) is 0 Å². The lowest BCUT2D eigenvalue weighted by Gasteiger charge is -2.55. The van der Waals surface area contributed by atoms with E-state index in [1.807, 2.05) is 32.0 Å². The van der Waals surface area contributed by atoms with Crippen molar-refractivity contribution in [3.8, 4) is 11.5 Å². The maximum atomic E-state index is 13.4. The molecule has 0 aromatic heterocycles. The minimum atomic E-state index is -0.534. The van der Waals surface area contributed by atoms with E-state index in [9.17, 15) is 19.2 Å². The second-order valence-electron chi connectivity index (χ2n) is 12.1. The number of ether oxygens (including phenoxy) is 2. The lowest BCUT2D eigenvalue weighted by molar-refractivity contribution is -0.161. The molecule has 5 aliphatic rings. The van der Waals surface area contributed by atoms with Crippen LogP contribution in [0.1, 0.15) is 55.2 Å². The zero-order valence-corrected chi connectivity index (χ0v) is 24.3. The zero-order valence-electron chi connectivity index (χ0n) is 23.5. The highest BCUT2D eigenvalue weighted by atomic mass is 32.2. The van der Waals surface area contributed by atoms with E-state index in [1.54, 1.807) is 24.3 Å². The van der Waals surface area contributed by atoms with Crippen LogP contribution in [0.25, 0.3) is 6.08 Å². The number of hydrogen-bond donors (Lipinski definition) is 1. The van der Waals surface area contributed by atoms with Gasteiger partial charge in [0.15, 0.2) is 11.5 Å². The summed E-state index contributed by atoms with van der Waals surface area (Å²) in [6, 6.07) is 10.8. The van der Waals surface area contributed by atoms with Crippen LogP contribution < -0.4 is 14.8 Å². The summed E-state index contributed by atoms with van der Waals surface area (Å²) in [5.74, 6) is 1.47. The molecule has 7 rings (SSSR count). The van der Waals surface area contributed by atoms with Crippen LogP contribution in [-0.2, 0) is 14.4 Å². The quantitative estimate of drug-likeness (QED) is 0.242. The van der Waals surface area contributed by atoms with Crippen molar-refractivity contribution in [1.29, 1.82) is 0 Å². The molecule has 1 heterocycles. The number of nitrogens with one attached hydrogen (secondary N) is 1. The normalized spacial score (nSPS) is 27.4. The Morgan fingerprint density at radius 3 is 2.24 bits per heavy atom. The molecule has 8 nitrogen and oxygen atoms in total. The summed E-state index contributed by atoms with van der Waals surface area (Å²) in [4.78, 5) is 53.0. The van der Waals surface area contributed by atoms with Gasteiger partial charge in [0.25, 0.3) is 11.1 Å². The average molecular weight is 575 g/mol. The number of imide groups is 1. The third-order valence-electron chi connectivity index (χ3n) is 9.08. The molecule has 5 fully saturated rings. The number of carbonyl (C=O) groups excluding carboxylic acids is 4. The third kappa shape index (κ3) is 5.27. The minimum Gasteiger partial charge on any atom is -0.493 e. The van der Waals surface area contributed by atoms with E-state index in [0.29, 0.717) is 40.5 Å². The van der Waals surface area contributed by atoms with Crippen molar-refractivity contribution in [1.82, 2.24) is 4.90 Å². The van der Waals surface area contributed by atoms with E-state index in [1.165, 1.54) is 26.4 Å². The Morgan fingerprint density at radius 1 is 1.00 bits per heavy atom. The number of methoxy groups -OCH3 is 1. The molecule has 4 saturated carbocycles. The molecule has 2 aromatic carbocycles. The number of amides is 3. The Labute approximate surface area is 243 Å². The fourth-order valence-electron chi connectivity index (χ4n) is 7.55. The number of hydrogen-bond acceptors (Lipinski definition) is 7. The Morgan fingerprint density at radius 2 is 1.63 bits per heavy atom. The van der Waals surface area contributed by atoms with Crippen LogP contribution in [0.3, 0.4) is 0 Å². The molecule has 3 amide bonds. The average Bonchev–Trinajstić information content (AvgIpc) is 3.18. The van der Waals surface area contributed by atoms with Gasteiger partial charge in [0.1, 0.15) is 6.54 Å². The second kappa shape index (κ2) is 10.7. The van der Waals surface area contributed by atoms with E-state index in [0.717, 1.165) is 47.1 Å². The smallest absolute Gasteiger partial charge is 0.317 e. The van der Waals surface area contributed by atoms with E-state index in [2.05, 4.69) is 5.32 Å². The molecule has 9 heteroatoms. The lowest BCUT2D eigenvalue weighted by Crippen LogP contribution is -2.51. The molecule has 4 aliphatic carbocycles. The van der Waals surface area contributed by atoms with Crippen molar-refractivity contribution in [3.63, 3.8) is 0 Å². The number of anilines is 1. The van der Waals surface area contributed by atoms with Crippen LogP contribution >= 0.6 is 11.8 Å². The first kappa shape index (κ1) is 27.6. The van der Waals surface area contributed by atoms with Gasteiger partial charge in [-0.15, -0.1) is 0 Å². The molecular weight excluding hydrogens is 540 g/mol. The van der Waals surface area contributed by atoms with Crippen LogP contribution in [0.15, 0.2) is 41.3 Å². The maximum Gasteiger partial charge on any atom is 0.317 e. The predicted octanol–water partition coefficient (Wildman–Crippen LogP) is 6.11. The second-order valence-corrected chi connectivity index (χ2v) is 13.1. The molecule has 0 spiro atoms. The molecule has 4 bridgehead atoms. The van der Waals surface area contributed by atoms with Crippen molar-refractivity contribution >= 4 is 46.5 Å². The fraction of sp³-hybridized carbons (Fsp3) is 0.438. The number of carbonyl (C=O) groups is 4. The Kier molecular flexibility index (Phi) is 7.18. The van der Waals surface area contributed by atoms with Gasteiger partial charge < -0.3 is 14.8 Å². The topological polar surface area (TPSA) is 102 Å². The first-order valence-corrected chi connectivity index (χ1v) is 15.0. The summed E-state index contributed by atoms with van der Waals surface area (Å²) < 4.78 is 11.5. The van der Waals surface area contributed by atoms with Crippen molar-refractivity contribution in [2.45, 2.75) is 52.4 Å². The molecule has 0 unspecified atom stereocenters. The summed E-state index contributed by atoms with van der Waals surface area (Å²) in [5.41, 5.74) is 2.70. The Balaban J connectivity index is 1.14. The molecule has 0 radical (unpaired) electrons. The number of nitrogens with zero attached hydrogens (tertiary/aromatic N) is 1. The molecule has 1 aliphatic heterocycles. The highest BCUT2D eigenvalue weighted by molar-refractivity contribution is 8.18. The molecule has 1 N–H and O–H groups in total. The minimum absolute atomic E-state index is 0.164. The molecule has 1 saturated heterocycles. The first-order valence-electron chi connectivity index (χ1n) is 14.2. The van der Waals surface area contributed by atoms with Gasteiger partial charge in [-0.05, 0) is 117 Å². The molecule has 0 atom stereocenters. The SMILES string of the molecule is COc1cc(/C=C2\SC(=O)N(CC(=O)Nc3c(C)cccc3C)C2=O)ccc1OC(=O)C12CC3CC(CC(C3)C1)C2. The summed E-state index contributed by atoms with van der Waals surface area (Å²) in [6.07, 6.45) is 8.05. The zero-order chi connectivity index (χ0) is 28.9. The van der Waals surface area contributed by atoms with Crippen molar-refractivity contribution in [2.24, 2.45) is 23.2 Å². The fourth-order valence-corrected chi connectivity index (χ4v) is 8.39. The van der Waals surface area contributed by atoms with Gasteiger partial charge in [-0.25, -0.2) is 0 Å². The van der Waals surface area contributed by atoms with Gasteiger partial charge in [-0.3, -0.25) is 24.1 Å². The van der Waals surface area contributed by atoms with E-state index >= 15 is 0 Å². The van der Waals surface area contributed by atoms with Crippen molar-refractivity contribution in [3.05, 3.63) is 58.0 Å². The van der Waals surface area contributed by atoms with E-state index in [-0.39, 0.29) is 22.8 Å². The van der Waals surface area contributed by atoms with Crippen molar-refractivity contribution < 1.29 is 28.7 Å². The van der Waals surface area contributed by atoms with Crippen LogP contribution in [-0.4, -0.2) is 41.6 Å². The number of aryl methyl sites for hydroxylation is 2. The highest BCUT2D eigenvalue weighted by Gasteiger charge is 2.55. The largest absolute Gasteiger partial charge is 0.493 e. The number of benzene rings is 2. The number of esters is 1. The van der Waals surface area contributed by atoms with Crippen LogP contribution in [0.2, 0.25) is 0 Å². The Hall–Kier alpha value is -3.59. The summed E-state index contributed by atoms with van der Waals surface area (Å²) in [7, 11) is 1.50. The maximum absolute atomic E-state index is 13.4. The molecular formula is C32H34N2O6S. The molecule has 41 heavy (non-hydrogen) atoms. The van der Waals surface area contributed by atoms with E-state index < -0.39 is 17.1 Å². The number of rotatable bonds is 7. The standard InChI is InChI=1S/C32H34N2O6S/c1-18-5-4-6-19(2)28(18)33-27(35)17-34-29(36)26(41-31(34)38)13-20-7-8-24(25(12-20)39-3)40-30(37)32-14-21-9-22(15-32)11-23(10-21)16-32/h4-8,12-13,21-23H,9-11,14-17H2,1-3H3,(H,33,35)/b26-13-. The van der Waals surface area contributed by atoms with Gasteiger partial charge >= 0.3 is 5.97 Å². The lowest BCUT2D eigenvalue weighted by atomic mass is 9.49. The number of para-hydroxylation sites is 1. The molecule has 2 aromatic rings. The number of thioether (sulfide) groups is 1. The molecule has 214 valence electrons. The summed E-state index contributed by atoms with van der Waals surface area (Å²) in [6.45, 7) is 3.39. The van der Waals surface area contributed by atoms with Gasteiger partial charge in [0.2, 0.25) is 5.91 Å². The van der Waals surface area contributed by atoms with Crippen LogP contribution in [0.5, 0.6) is 11.5 Å². The van der Waals surface area contributed by atoms with Crippen molar-refractivity contribution in [2.75, 3.05) is 19.0 Å². The first-order chi connectivity index (χ1) is 19.6. The third-order valence-corrected chi connectivity index (χ3v) is 9.99. The van der Waals surface area contributed by atoms with Crippen LogP contribution in [0.4, 0.5) is 10.5 Å².